The van der Waals surface area contributed by atoms with Crippen molar-refractivity contribution in [1.82, 2.24) is 4.57 Å². The molecule has 0 bridgehead atoms. The minimum absolute atomic E-state index is 0.668. The quantitative estimate of drug-likeness (QED) is 0.837. The Labute approximate surface area is 97.1 Å². The van der Waals surface area contributed by atoms with Gasteiger partial charge in [-0.15, -0.1) is 0 Å². The molecule has 0 saturated carbocycles. The van der Waals surface area contributed by atoms with Crippen molar-refractivity contribution < 1.29 is 0 Å². The van der Waals surface area contributed by atoms with Crippen molar-refractivity contribution in [2.75, 3.05) is 6.54 Å². The first-order valence-corrected chi connectivity index (χ1v) is 5.99. The number of fused-ring (bicyclic) bond motifs is 1. The monoisotopic (exact) mass is 216 g/mol. The Morgan fingerprint density at radius 1 is 1.25 bits per heavy atom. The molecule has 0 unspecified atom stereocenters. The van der Waals surface area contributed by atoms with E-state index in [-0.39, 0.29) is 0 Å². The van der Waals surface area contributed by atoms with Crippen LogP contribution in [0.4, 0.5) is 0 Å². The first-order chi connectivity index (χ1) is 7.72. The molecule has 1 aromatic heterocycles. The van der Waals surface area contributed by atoms with Crippen LogP contribution in [0.15, 0.2) is 30.5 Å². The Bertz CT molecular complexity index is 469. The summed E-state index contributed by atoms with van der Waals surface area (Å²) in [7, 11) is 0. The lowest BCUT2D eigenvalue weighted by atomic mass is 10.1. The summed E-state index contributed by atoms with van der Waals surface area (Å²) < 4.78 is 2.35. The maximum absolute atomic E-state index is 5.65. The molecule has 0 amide bonds. The first kappa shape index (κ1) is 11.2. The lowest BCUT2D eigenvalue weighted by Crippen LogP contribution is -2.03. The fourth-order valence-corrected chi connectivity index (χ4v) is 2.22. The fourth-order valence-electron chi connectivity index (χ4n) is 2.22. The molecule has 0 radical (unpaired) electrons. The minimum atomic E-state index is 0.668. The van der Waals surface area contributed by atoms with Crippen LogP contribution in [-0.2, 0) is 13.0 Å². The van der Waals surface area contributed by atoms with Crippen LogP contribution in [0.5, 0.6) is 0 Å². The van der Waals surface area contributed by atoms with Crippen LogP contribution < -0.4 is 5.73 Å². The number of benzene rings is 1. The Kier molecular flexibility index (Phi) is 3.30. The van der Waals surface area contributed by atoms with Gasteiger partial charge < -0.3 is 10.3 Å². The van der Waals surface area contributed by atoms with E-state index < -0.39 is 0 Å². The van der Waals surface area contributed by atoms with Gasteiger partial charge in [0.2, 0.25) is 0 Å². The zero-order valence-electron chi connectivity index (χ0n) is 10.1. The number of aromatic nitrogens is 1. The summed E-state index contributed by atoms with van der Waals surface area (Å²) >= 11 is 0. The predicted molar refractivity (Wildman–Crippen MR) is 69.5 cm³/mol. The molecule has 2 heteroatoms. The van der Waals surface area contributed by atoms with Crippen molar-refractivity contribution in [3.8, 4) is 0 Å². The molecule has 2 N–H and O–H groups in total. The summed E-state index contributed by atoms with van der Waals surface area (Å²) in [4.78, 5) is 0. The molecule has 0 aliphatic heterocycles. The van der Waals surface area contributed by atoms with E-state index in [0.717, 1.165) is 19.5 Å². The van der Waals surface area contributed by atoms with E-state index >= 15 is 0 Å². The molecular formula is C14H20N2. The second kappa shape index (κ2) is 4.71. The van der Waals surface area contributed by atoms with E-state index in [2.05, 4.69) is 48.9 Å². The second-order valence-electron chi connectivity index (χ2n) is 4.76. The van der Waals surface area contributed by atoms with Gasteiger partial charge in [0.05, 0.1) is 0 Å². The third kappa shape index (κ3) is 2.12. The van der Waals surface area contributed by atoms with E-state index in [9.17, 15) is 0 Å². The standard InChI is InChI=1S/C14H20N2/c1-11(2)9-16-10-12(7-8-15)13-5-3-4-6-14(13)16/h3-6,10-11H,7-9,15H2,1-2H3. The van der Waals surface area contributed by atoms with Crippen molar-refractivity contribution in [2.24, 2.45) is 11.7 Å². The summed E-state index contributed by atoms with van der Waals surface area (Å²) in [6.45, 7) is 6.29. The summed E-state index contributed by atoms with van der Waals surface area (Å²) in [5.74, 6) is 0.668. The Morgan fingerprint density at radius 2 is 2.00 bits per heavy atom. The molecule has 0 spiro atoms. The molecular weight excluding hydrogens is 196 g/mol. The Hall–Kier alpha value is -1.28. The van der Waals surface area contributed by atoms with E-state index in [1.807, 2.05) is 0 Å². The van der Waals surface area contributed by atoms with Gasteiger partial charge >= 0.3 is 0 Å². The van der Waals surface area contributed by atoms with Crippen LogP contribution in [0.25, 0.3) is 10.9 Å². The second-order valence-corrected chi connectivity index (χ2v) is 4.76. The Morgan fingerprint density at radius 3 is 2.69 bits per heavy atom. The molecule has 1 aromatic carbocycles. The van der Waals surface area contributed by atoms with Gasteiger partial charge in [0.25, 0.3) is 0 Å². The zero-order valence-corrected chi connectivity index (χ0v) is 10.1. The van der Waals surface area contributed by atoms with Gasteiger partial charge in [-0.2, -0.15) is 0 Å². The van der Waals surface area contributed by atoms with Gasteiger partial charge in [0.15, 0.2) is 0 Å². The molecule has 0 fully saturated rings. The molecule has 16 heavy (non-hydrogen) atoms. The smallest absolute Gasteiger partial charge is 0.0483 e. The fraction of sp³-hybridized carbons (Fsp3) is 0.429. The summed E-state index contributed by atoms with van der Waals surface area (Å²) in [6.07, 6.45) is 3.23. The molecule has 0 aliphatic rings. The number of hydrogen-bond acceptors (Lipinski definition) is 1. The topological polar surface area (TPSA) is 30.9 Å². The highest BCUT2D eigenvalue weighted by Crippen LogP contribution is 2.22. The van der Waals surface area contributed by atoms with Crippen LogP contribution in [0.3, 0.4) is 0 Å². The van der Waals surface area contributed by atoms with Gasteiger partial charge in [0.1, 0.15) is 0 Å². The van der Waals surface area contributed by atoms with Gasteiger partial charge in [-0.1, -0.05) is 32.0 Å². The van der Waals surface area contributed by atoms with E-state index in [1.165, 1.54) is 16.5 Å². The maximum Gasteiger partial charge on any atom is 0.0483 e. The third-order valence-corrected chi connectivity index (χ3v) is 2.85. The van der Waals surface area contributed by atoms with Gasteiger partial charge in [0, 0.05) is 23.6 Å². The van der Waals surface area contributed by atoms with E-state index in [0.29, 0.717) is 5.92 Å². The molecule has 0 saturated heterocycles. The Balaban J connectivity index is 2.48. The SMILES string of the molecule is CC(C)Cn1cc(CCN)c2ccccc21. The molecule has 2 nitrogen and oxygen atoms in total. The molecule has 0 aliphatic carbocycles. The van der Waals surface area contributed by atoms with Crippen molar-refractivity contribution in [3.05, 3.63) is 36.0 Å². The largest absolute Gasteiger partial charge is 0.347 e. The number of rotatable bonds is 4. The molecule has 0 atom stereocenters. The zero-order chi connectivity index (χ0) is 11.5. The van der Waals surface area contributed by atoms with Gasteiger partial charge in [-0.3, -0.25) is 0 Å². The number of para-hydroxylation sites is 1. The molecule has 1 heterocycles. The molecule has 86 valence electrons. The van der Waals surface area contributed by atoms with Gasteiger partial charge in [-0.05, 0) is 30.5 Å². The van der Waals surface area contributed by atoms with Gasteiger partial charge in [-0.25, -0.2) is 0 Å². The van der Waals surface area contributed by atoms with Crippen LogP contribution in [-0.4, -0.2) is 11.1 Å². The summed E-state index contributed by atoms with van der Waals surface area (Å²) in [5.41, 5.74) is 8.36. The summed E-state index contributed by atoms with van der Waals surface area (Å²) in [6, 6.07) is 8.59. The van der Waals surface area contributed by atoms with Crippen molar-refractivity contribution >= 4 is 10.9 Å². The van der Waals surface area contributed by atoms with Crippen LogP contribution in [0.1, 0.15) is 19.4 Å². The highest BCUT2D eigenvalue weighted by atomic mass is 15.0. The molecule has 2 rings (SSSR count). The lowest BCUT2D eigenvalue weighted by Gasteiger charge is -2.07. The first-order valence-electron chi connectivity index (χ1n) is 5.99. The molecule has 2 aromatic rings. The van der Waals surface area contributed by atoms with Crippen molar-refractivity contribution in [1.29, 1.82) is 0 Å². The normalized spacial score (nSPS) is 11.5. The number of hydrogen-bond donors (Lipinski definition) is 1. The van der Waals surface area contributed by atoms with E-state index in [1.54, 1.807) is 0 Å². The van der Waals surface area contributed by atoms with E-state index in [4.69, 9.17) is 5.73 Å². The number of nitrogens with zero attached hydrogens (tertiary/aromatic N) is 1. The van der Waals surface area contributed by atoms with Crippen LogP contribution in [0.2, 0.25) is 0 Å². The average Bonchev–Trinajstić information content (AvgIpc) is 2.58. The van der Waals surface area contributed by atoms with Crippen molar-refractivity contribution in [2.45, 2.75) is 26.8 Å². The van der Waals surface area contributed by atoms with Crippen LogP contribution >= 0.6 is 0 Å². The summed E-state index contributed by atoms with van der Waals surface area (Å²) in [5, 5.41) is 1.36. The lowest BCUT2D eigenvalue weighted by molar-refractivity contribution is 0.534. The number of nitrogens with two attached hydrogens (primary N) is 1. The van der Waals surface area contributed by atoms with Crippen LogP contribution in [0, 0.1) is 5.92 Å². The minimum Gasteiger partial charge on any atom is -0.347 e. The highest BCUT2D eigenvalue weighted by molar-refractivity contribution is 5.84. The average molecular weight is 216 g/mol. The van der Waals surface area contributed by atoms with Crippen molar-refractivity contribution in [3.63, 3.8) is 0 Å². The maximum atomic E-state index is 5.65. The highest BCUT2D eigenvalue weighted by Gasteiger charge is 2.07. The predicted octanol–water partition coefficient (Wildman–Crippen LogP) is 2.80. The third-order valence-electron chi connectivity index (χ3n) is 2.85.